The van der Waals surface area contributed by atoms with Crippen molar-refractivity contribution in [3.63, 3.8) is 0 Å². The van der Waals surface area contributed by atoms with Gasteiger partial charge in [0.2, 0.25) is 5.91 Å². The van der Waals surface area contributed by atoms with Crippen molar-refractivity contribution in [2.45, 2.75) is 63.7 Å². The lowest BCUT2D eigenvalue weighted by atomic mass is 9.94. The molecule has 4 fully saturated rings. The quantitative estimate of drug-likeness (QED) is 0.257. The number of fused-ring (bicyclic) bond motifs is 4. The summed E-state index contributed by atoms with van der Waals surface area (Å²) in [6.07, 6.45) is 4.90. The van der Waals surface area contributed by atoms with E-state index in [9.17, 15) is 19.5 Å². The average Bonchev–Trinajstić information content (AvgIpc) is 3.61. The lowest BCUT2D eigenvalue weighted by Crippen LogP contribution is -2.65. The molecule has 0 bridgehead atoms. The highest BCUT2D eigenvalue weighted by atomic mass is 16.3. The fraction of sp³-hybridized carbons (Fsp3) is 0.500. The molecule has 5 aliphatic heterocycles. The minimum atomic E-state index is -0.456. The molecule has 15 nitrogen and oxygen atoms in total. The summed E-state index contributed by atoms with van der Waals surface area (Å²) in [6.45, 7) is 11.8. The Bertz CT molecular complexity index is 2100. The number of nitrogens with zero attached hydrogens (tertiary/aromatic N) is 9. The van der Waals surface area contributed by atoms with Crippen molar-refractivity contribution in [2.75, 3.05) is 74.0 Å². The molecule has 9 rings (SSSR count). The number of nitrogens with one attached hydrogen (secondary N) is 2. The van der Waals surface area contributed by atoms with Gasteiger partial charge in [0.25, 0.3) is 5.91 Å². The topological polar surface area (TPSA) is 155 Å². The zero-order chi connectivity index (χ0) is 37.8. The number of para-hydroxylation sites is 1. The predicted molar refractivity (Wildman–Crippen MR) is 209 cm³/mol. The van der Waals surface area contributed by atoms with Crippen LogP contribution in [0.4, 0.5) is 22.0 Å². The van der Waals surface area contributed by atoms with E-state index in [4.69, 9.17) is 5.10 Å². The minimum absolute atomic E-state index is 0.112. The van der Waals surface area contributed by atoms with Crippen molar-refractivity contribution in [1.29, 1.82) is 0 Å². The number of phenolic OH excluding ortho intramolecular Hbond substituents is 1. The molecule has 0 radical (unpaired) electrons. The van der Waals surface area contributed by atoms with E-state index in [1.54, 1.807) is 16.8 Å². The molecule has 288 valence electrons. The molecule has 4 amide bonds. The third kappa shape index (κ3) is 6.78. The van der Waals surface area contributed by atoms with Gasteiger partial charge in [-0.3, -0.25) is 24.5 Å². The van der Waals surface area contributed by atoms with Crippen LogP contribution in [-0.2, 0) is 9.59 Å². The van der Waals surface area contributed by atoms with Gasteiger partial charge in [0.05, 0.1) is 22.9 Å². The third-order valence-corrected chi connectivity index (χ3v) is 12.3. The third-order valence-electron chi connectivity index (χ3n) is 12.3. The summed E-state index contributed by atoms with van der Waals surface area (Å²) in [5.41, 5.74) is 4.23. The van der Waals surface area contributed by atoms with Crippen LogP contribution in [0, 0.1) is 5.92 Å². The molecule has 2 aromatic carbocycles. The number of phenols is 1. The van der Waals surface area contributed by atoms with Crippen LogP contribution in [0.25, 0.3) is 22.2 Å². The van der Waals surface area contributed by atoms with Crippen molar-refractivity contribution >= 4 is 45.9 Å². The van der Waals surface area contributed by atoms with Crippen molar-refractivity contribution in [2.24, 2.45) is 5.92 Å². The van der Waals surface area contributed by atoms with Crippen LogP contribution in [0.5, 0.6) is 5.75 Å². The molecule has 4 atom stereocenters. The molecule has 4 saturated heterocycles. The van der Waals surface area contributed by atoms with Crippen molar-refractivity contribution in [1.82, 2.24) is 40.0 Å². The van der Waals surface area contributed by atoms with E-state index in [1.165, 1.54) is 0 Å². The highest BCUT2D eigenvalue weighted by Crippen LogP contribution is 2.37. The number of anilines is 3. The van der Waals surface area contributed by atoms with Crippen molar-refractivity contribution < 1.29 is 19.5 Å². The lowest BCUT2D eigenvalue weighted by Gasteiger charge is -2.50. The molecule has 55 heavy (non-hydrogen) atoms. The Morgan fingerprint density at radius 1 is 0.927 bits per heavy atom. The number of aromatic hydroxyl groups is 1. The smallest absolute Gasteiger partial charge is 0.320 e. The first-order valence-corrected chi connectivity index (χ1v) is 19.7. The number of amides is 4. The van der Waals surface area contributed by atoms with E-state index in [2.05, 4.69) is 72.5 Å². The minimum Gasteiger partial charge on any atom is -0.507 e. The van der Waals surface area contributed by atoms with Gasteiger partial charge >= 0.3 is 6.03 Å². The van der Waals surface area contributed by atoms with Gasteiger partial charge in [0.1, 0.15) is 11.8 Å². The Labute approximate surface area is 320 Å². The Morgan fingerprint density at radius 2 is 1.73 bits per heavy atom. The molecule has 3 N–H and O–H groups in total. The summed E-state index contributed by atoms with van der Waals surface area (Å²) < 4.78 is 1.70. The first-order valence-electron chi connectivity index (χ1n) is 19.7. The standard InChI is InChI=1S/C40H49N11O4/c1-25-20-46(22-27-11-13-47(14-12-27)29-8-7-28-23-50(45-32(28)17-29)34-9-10-37(53)42-39(34)54)21-26(2)51(25)40(55)48-15-16-49-30(24-48)19-41-38-35(49)18-33(43-44-38)31-5-3-4-6-36(31)52/h3-8,17-18,23,25-27,30,34,52H,9-16,19-22,24H2,1-2H3,(H,41,44)(H,42,53,54)/t25-,26+,30-,34?/m0/s1. The summed E-state index contributed by atoms with van der Waals surface area (Å²) >= 11 is 0. The Morgan fingerprint density at radius 3 is 2.51 bits per heavy atom. The van der Waals surface area contributed by atoms with E-state index in [1.807, 2.05) is 29.3 Å². The number of aromatic nitrogens is 4. The van der Waals surface area contributed by atoms with Gasteiger partial charge in [-0.05, 0) is 75.4 Å². The fourth-order valence-corrected chi connectivity index (χ4v) is 9.46. The van der Waals surface area contributed by atoms with Crippen LogP contribution in [0.3, 0.4) is 0 Å². The van der Waals surface area contributed by atoms with Gasteiger partial charge in [0.15, 0.2) is 5.82 Å². The molecule has 0 spiro atoms. The molecule has 1 unspecified atom stereocenters. The normalized spacial score (nSPS) is 25.1. The second kappa shape index (κ2) is 14.3. The van der Waals surface area contributed by atoms with E-state index < -0.39 is 6.04 Å². The largest absolute Gasteiger partial charge is 0.507 e. The van der Waals surface area contributed by atoms with Crippen LogP contribution in [0.15, 0.2) is 54.7 Å². The molecule has 4 aromatic rings. The van der Waals surface area contributed by atoms with Gasteiger partial charge in [-0.15, -0.1) is 10.2 Å². The second-order valence-corrected chi connectivity index (χ2v) is 16.0. The Balaban J connectivity index is 0.775. The zero-order valence-corrected chi connectivity index (χ0v) is 31.5. The Hall–Kier alpha value is -5.44. The summed E-state index contributed by atoms with van der Waals surface area (Å²) in [7, 11) is 0. The maximum absolute atomic E-state index is 14.1. The fourth-order valence-electron chi connectivity index (χ4n) is 9.46. The van der Waals surface area contributed by atoms with E-state index in [0.29, 0.717) is 56.2 Å². The molecule has 0 aliphatic carbocycles. The van der Waals surface area contributed by atoms with Gasteiger partial charge in [-0.1, -0.05) is 12.1 Å². The summed E-state index contributed by atoms with van der Waals surface area (Å²) in [4.78, 5) is 49.6. The predicted octanol–water partition coefficient (Wildman–Crippen LogP) is 3.52. The number of carbonyl (C=O) groups is 3. The summed E-state index contributed by atoms with van der Waals surface area (Å²) in [5, 5.41) is 30.8. The number of piperazine rings is 2. The second-order valence-electron chi connectivity index (χ2n) is 16.0. The first-order chi connectivity index (χ1) is 26.7. The maximum Gasteiger partial charge on any atom is 0.320 e. The molecular weight excluding hydrogens is 699 g/mol. The number of piperidine rings is 2. The number of rotatable bonds is 5. The molecule has 7 heterocycles. The maximum atomic E-state index is 14.1. The monoisotopic (exact) mass is 747 g/mol. The van der Waals surface area contributed by atoms with Crippen LogP contribution < -0.4 is 20.4 Å². The van der Waals surface area contributed by atoms with Gasteiger partial charge in [0, 0.05) is 100 Å². The number of imide groups is 1. The van der Waals surface area contributed by atoms with Gasteiger partial charge in [-0.25, -0.2) is 4.79 Å². The van der Waals surface area contributed by atoms with E-state index in [-0.39, 0.29) is 41.7 Å². The van der Waals surface area contributed by atoms with E-state index >= 15 is 0 Å². The number of hydrogen-bond acceptors (Lipinski definition) is 11. The average molecular weight is 748 g/mol. The number of benzene rings is 2. The number of urea groups is 1. The van der Waals surface area contributed by atoms with Crippen LogP contribution in [0.2, 0.25) is 0 Å². The summed E-state index contributed by atoms with van der Waals surface area (Å²) in [5.74, 6) is 0.992. The van der Waals surface area contributed by atoms with Crippen LogP contribution in [0.1, 0.15) is 45.6 Å². The van der Waals surface area contributed by atoms with Crippen LogP contribution in [-0.4, -0.2) is 135 Å². The first kappa shape index (κ1) is 35.3. The number of hydrogen-bond donors (Lipinski definition) is 3. The van der Waals surface area contributed by atoms with Gasteiger partial charge in [-0.2, -0.15) is 5.10 Å². The summed E-state index contributed by atoms with van der Waals surface area (Å²) in [6, 6.07) is 15.5. The van der Waals surface area contributed by atoms with Crippen LogP contribution >= 0.6 is 0 Å². The van der Waals surface area contributed by atoms with E-state index in [0.717, 1.165) is 73.7 Å². The highest BCUT2D eigenvalue weighted by Gasteiger charge is 2.40. The zero-order valence-electron chi connectivity index (χ0n) is 31.5. The van der Waals surface area contributed by atoms with Crippen molar-refractivity contribution in [3.05, 3.63) is 54.7 Å². The highest BCUT2D eigenvalue weighted by molar-refractivity contribution is 5.99. The van der Waals surface area contributed by atoms with Crippen molar-refractivity contribution in [3.8, 4) is 17.0 Å². The molecule has 2 aromatic heterocycles. The Kier molecular flexibility index (Phi) is 9.19. The lowest BCUT2D eigenvalue weighted by molar-refractivity contribution is -0.135. The molecular formula is C40H49N11O4. The molecule has 5 aliphatic rings. The van der Waals surface area contributed by atoms with Gasteiger partial charge < -0.3 is 30.0 Å². The molecule has 15 heteroatoms. The molecule has 0 saturated carbocycles. The SMILES string of the molecule is C[C@@H]1CN(CC2CCN(c3ccc4cn(C5CCC(=O)NC5=O)nc4c3)CC2)C[C@H](C)N1C(=O)N1CCN2c3cc(-c4ccccc4O)nnc3NC[C@H]2C1. The number of carbonyl (C=O) groups excluding carboxylic acids is 3.